The van der Waals surface area contributed by atoms with Crippen molar-refractivity contribution in [3.8, 4) is 16.3 Å². The Balaban J connectivity index is 1.44. The Morgan fingerprint density at radius 2 is 1.97 bits per heavy atom. The van der Waals surface area contributed by atoms with Gasteiger partial charge in [-0.3, -0.25) is 0 Å². The van der Waals surface area contributed by atoms with Crippen LogP contribution in [-0.2, 0) is 12.3 Å². The van der Waals surface area contributed by atoms with E-state index < -0.39 is 0 Å². The molecule has 0 aliphatic heterocycles. The van der Waals surface area contributed by atoms with Crippen LogP contribution in [0.25, 0.3) is 10.6 Å². The maximum Gasteiger partial charge on any atom is 0.191 e. The van der Waals surface area contributed by atoms with Crippen LogP contribution in [0.2, 0.25) is 5.02 Å². The molecule has 1 unspecified atom stereocenters. The summed E-state index contributed by atoms with van der Waals surface area (Å²) < 4.78 is 8.11. The summed E-state index contributed by atoms with van der Waals surface area (Å²) in [6.45, 7) is 4.82. The number of ether oxygens (including phenoxy) is 1. The van der Waals surface area contributed by atoms with Crippen LogP contribution in [-0.4, -0.2) is 19.7 Å². The molecule has 2 aromatic carbocycles. The molecule has 8 heteroatoms. The maximum absolute atomic E-state index is 6.06. The topological polar surface area (TPSA) is 52.8 Å². The number of halogens is 1. The van der Waals surface area contributed by atoms with E-state index in [0.29, 0.717) is 10.8 Å². The second-order valence-electron chi connectivity index (χ2n) is 6.60. The quantitative estimate of drug-likeness (QED) is 0.283. The van der Waals surface area contributed by atoms with Crippen LogP contribution >= 0.6 is 34.7 Å². The number of hydrogen-bond acceptors (Lipinski definition) is 6. The lowest BCUT2D eigenvalue weighted by Crippen LogP contribution is -2.12. The Labute approximate surface area is 189 Å². The summed E-state index contributed by atoms with van der Waals surface area (Å²) >= 11 is 9.35. The van der Waals surface area contributed by atoms with Gasteiger partial charge in [0, 0.05) is 28.3 Å². The number of aromatic nitrogens is 4. The van der Waals surface area contributed by atoms with Gasteiger partial charge in [0.1, 0.15) is 10.8 Å². The van der Waals surface area contributed by atoms with Gasteiger partial charge in [0.2, 0.25) is 0 Å². The summed E-state index contributed by atoms with van der Waals surface area (Å²) in [5, 5.41) is 13.4. The molecule has 0 radical (unpaired) electrons. The van der Waals surface area contributed by atoms with Crippen LogP contribution in [0.5, 0.6) is 5.75 Å². The standard InChI is InChI=1S/C22H21ClN4OS2/c1-3-27-20(15(2)28-19-11-7-10-17(23)12-19)25-26-22(27)30-14-18-13-29-21(24-18)16-8-5-4-6-9-16/h4-13,15H,3,14H2,1-2H3. The molecular weight excluding hydrogens is 436 g/mol. The van der Waals surface area contributed by atoms with Crippen LogP contribution < -0.4 is 4.74 Å². The molecule has 0 amide bonds. The van der Waals surface area contributed by atoms with E-state index in [1.54, 1.807) is 29.2 Å². The maximum atomic E-state index is 6.06. The summed E-state index contributed by atoms with van der Waals surface area (Å²) in [5.74, 6) is 2.25. The molecule has 0 aliphatic carbocycles. The molecule has 2 aromatic heterocycles. The van der Waals surface area contributed by atoms with Crippen molar-refractivity contribution < 1.29 is 4.74 Å². The van der Waals surface area contributed by atoms with E-state index in [1.165, 1.54) is 0 Å². The predicted octanol–water partition coefficient (Wildman–Crippen LogP) is 6.51. The van der Waals surface area contributed by atoms with Crippen LogP contribution in [0, 0.1) is 0 Å². The van der Waals surface area contributed by atoms with Gasteiger partial charge < -0.3 is 9.30 Å². The van der Waals surface area contributed by atoms with E-state index in [1.807, 2.05) is 43.3 Å². The highest BCUT2D eigenvalue weighted by atomic mass is 35.5. The predicted molar refractivity (Wildman–Crippen MR) is 123 cm³/mol. The molecular formula is C22H21ClN4OS2. The molecule has 0 spiro atoms. The Morgan fingerprint density at radius 1 is 1.13 bits per heavy atom. The second-order valence-corrected chi connectivity index (χ2v) is 8.84. The average Bonchev–Trinajstić information content (AvgIpc) is 3.39. The molecule has 154 valence electrons. The van der Waals surface area contributed by atoms with Gasteiger partial charge in [-0.15, -0.1) is 21.5 Å². The fraction of sp³-hybridized carbons (Fsp3) is 0.227. The fourth-order valence-corrected chi connectivity index (χ4v) is 5.04. The smallest absolute Gasteiger partial charge is 0.191 e. The Morgan fingerprint density at radius 3 is 2.73 bits per heavy atom. The number of benzene rings is 2. The molecule has 4 rings (SSSR count). The van der Waals surface area contributed by atoms with Crippen molar-refractivity contribution in [3.05, 3.63) is 76.5 Å². The van der Waals surface area contributed by atoms with E-state index in [-0.39, 0.29) is 6.10 Å². The third-order valence-electron chi connectivity index (χ3n) is 4.46. The van der Waals surface area contributed by atoms with E-state index >= 15 is 0 Å². The monoisotopic (exact) mass is 456 g/mol. The fourth-order valence-electron chi connectivity index (χ4n) is 3.03. The first-order valence-corrected chi connectivity index (χ1v) is 11.9. The summed E-state index contributed by atoms with van der Waals surface area (Å²) in [6, 6.07) is 17.6. The molecule has 0 aliphatic rings. The third kappa shape index (κ3) is 4.86. The van der Waals surface area contributed by atoms with E-state index in [9.17, 15) is 0 Å². The van der Waals surface area contributed by atoms with Gasteiger partial charge in [0.25, 0.3) is 0 Å². The van der Waals surface area contributed by atoms with Crippen LogP contribution in [0.4, 0.5) is 0 Å². The highest BCUT2D eigenvalue weighted by Gasteiger charge is 2.19. The summed E-state index contributed by atoms with van der Waals surface area (Å²) in [5.41, 5.74) is 2.18. The lowest BCUT2D eigenvalue weighted by Gasteiger charge is -2.15. The van der Waals surface area contributed by atoms with Gasteiger partial charge in [-0.25, -0.2) is 4.98 Å². The van der Waals surface area contributed by atoms with Crippen molar-refractivity contribution in [1.29, 1.82) is 0 Å². The summed E-state index contributed by atoms with van der Waals surface area (Å²) in [6.07, 6.45) is -0.241. The van der Waals surface area contributed by atoms with E-state index in [2.05, 4.69) is 39.2 Å². The van der Waals surface area contributed by atoms with Gasteiger partial charge in [0.05, 0.1) is 5.69 Å². The first-order chi connectivity index (χ1) is 14.6. The summed E-state index contributed by atoms with van der Waals surface area (Å²) in [4.78, 5) is 4.76. The minimum atomic E-state index is -0.241. The largest absolute Gasteiger partial charge is 0.483 e. The molecule has 5 nitrogen and oxygen atoms in total. The first kappa shape index (κ1) is 20.9. The molecule has 0 saturated carbocycles. The Kier molecular flexibility index (Phi) is 6.72. The molecule has 0 bridgehead atoms. The molecule has 30 heavy (non-hydrogen) atoms. The first-order valence-electron chi connectivity index (χ1n) is 9.62. The van der Waals surface area contributed by atoms with Gasteiger partial charge in [-0.05, 0) is 32.0 Å². The minimum Gasteiger partial charge on any atom is -0.483 e. The highest BCUT2D eigenvalue weighted by molar-refractivity contribution is 7.98. The zero-order chi connectivity index (χ0) is 20.9. The molecule has 0 fully saturated rings. The van der Waals surface area contributed by atoms with Crippen molar-refractivity contribution in [2.45, 2.75) is 37.4 Å². The van der Waals surface area contributed by atoms with Crippen molar-refractivity contribution in [1.82, 2.24) is 19.7 Å². The molecule has 4 aromatic rings. The molecule has 0 saturated heterocycles. The lowest BCUT2D eigenvalue weighted by molar-refractivity contribution is 0.210. The zero-order valence-corrected chi connectivity index (χ0v) is 19.0. The number of hydrogen-bond donors (Lipinski definition) is 0. The van der Waals surface area contributed by atoms with Gasteiger partial charge in [-0.1, -0.05) is 59.8 Å². The minimum absolute atomic E-state index is 0.241. The highest BCUT2D eigenvalue weighted by Crippen LogP contribution is 2.29. The third-order valence-corrected chi connectivity index (χ3v) is 6.63. The Hall–Kier alpha value is -2.35. The van der Waals surface area contributed by atoms with Crippen molar-refractivity contribution in [3.63, 3.8) is 0 Å². The van der Waals surface area contributed by atoms with Crippen LogP contribution in [0.3, 0.4) is 0 Å². The number of thiazole rings is 1. The molecule has 1 atom stereocenters. The van der Waals surface area contributed by atoms with Crippen molar-refractivity contribution >= 4 is 34.7 Å². The van der Waals surface area contributed by atoms with Crippen LogP contribution in [0.1, 0.15) is 31.5 Å². The Bertz CT molecular complexity index is 1110. The second kappa shape index (κ2) is 9.64. The van der Waals surface area contributed by atoms with Crippen molar-refractivity contribution in [2.75, 3.05) is 0 Å². The number of thioether (sulfide) groups is 1. The van der Waals surface area contributed by atoms with E-state index in [4.69, 9.17) is 21.3 Å². The average molecular weight is 457 g/mol. The lowest BCUT2D eigenvalue weighted by atomic mass is 10.2. The van der Waals surface area contributed by atoms with Gasteiger partial charge in [-0.2, -0.15) is 0 Å². The van der Waals surface area contributed by atoms with Gasteiger partial charge in [0.15, 0.2) is 17.1 Å². The molecule has 2 heterocycles. The SMILES string of the molecule is CCn1c(SCc2csc(-c3ccccc3)n2)nnc1C(C)Oc1cccc(Cl)c1. The number of rotatable bonds is 8. The van der Waals surface area contributed by atoms with Gasteiger partial charge >= 0.3 is 0 Å². The van der Waals surface area contributed by atoms with Crippen LogP contribution in [0.15, 0.2) is 65.1 Å². The van der Waals surface area contributed by atoms with E-state index in [0.717, 1.165) is 39.5 Å². The number of nitrogens with zero attached hydrogens (tertiary/aromatic N) is 4. The summed E-state index contributed by atoms with van der Waals surface area (Å²) in [7, 11) is 0. The zero-order valence-electron chi connectivity index (χ0n) is 16.7. The van der Waals surface area contributed by atoms with Crippen molar-refractivity contribution in [2.24, 2.45) is 0 Å². The molecule has 0 N–H and O–H groups in total. The normalized spacial score (nSPS) is 12.1.